The number of aryl methyl sites for hydroxylation is 1. The molecular formula is C38H49N5O6. The van der Waals surface area contributed by atoms with Gasteiger partial charge in [-0.3, -0.25) is 9.69 Å². The summed E-state index contributed by atoms with van der Waals surface area (Å²) in [5.41, 5.74) is 3.53. The van der Waals surface area contributed by atoms with Gasteiger partial charge in [0.25, 0.3) is 0 Å². The van der Waals surface area contributed by atoms with Crippen LogP contribution in [0.2, 0.25) is 0 Å². The summed E-state index contributed by atoms with van der Waals surface area (Å²) in [5.74, 6) is 2.61. The van der Waals surface area contributed by atoms with E-state index < -0.39 is 6.10 Å². The number of benzene rings is 1. The van der Waals surface area contributed by atoms with E-state index >= 15 is 0 Å². The minimum atomic E-state index is -0.466. The Morgan fingerprint density at radius 1 is 1.04 bits per heavy atom. The molecule has 5 aliphatic rings. The first-order valence-electron chi connectivity index (χ1n) is 18.0. The number of pyridine rings is 1. The van der Waals surface area contributed by atoms with Gasteiger partial charge < -0.3 is 24.0 Å². The van der Waals surface area contributed by atoms with Crippen LogP contribution in [0.5, 0.6) is 5.75 Å². The van der Waals surface area contributed by atoms with Gasteiger partial charge >= 0.3 is 6.09 Å². The second kappa shape index (κ2) is 13.4. The van der Waals surface area contributed by atoms with E-state index in [0.717, 1.165) is 49.8 Å². The van der Waals surface area contributed by atoms with Crippen molar-refractivity contribution in [3.8, 4) is 17.1 Å². The zero-order valence-electron chi connectivity index (χ0n) is 29.2. The second-order valence-corrected chi connectivity index (χ2v) is 15.3. The van der Waals surface area contributed by atoms with Crippen LogP contribution < -0.4 is 9.64 Å². The Balaban J connectivity index is 1.10. The lowest BCUT2D eigenvalue weighted by molar-refractivity contribution is -0.124. The number of carbonyl (C=O) groups is 2. The Morgan fingerprint density at radius 3 is 2.37 bits per heavy atom. The van der Waals surface area contributed by atoms with Crippen LogP contribution in [0.15, 0.2) is 41.1 Å². The number of aliphatic hydroxyl groups is 1. The number of ether oxygens (including phenoxy) is 2. The van der Waals surface area contributed by atoms with Crippen molar-refractivity contribution >= 4 is 17.8 Å². The lowest BCUT2D eigenvalue weighted by atomic mass is 9.51. The van der Waals surface area contributed by atoms with Gasteiger partial charge in [0, 0.05) is 30.1 Å². The van der Waals surface area contributed by atoms with Crippen molar-refractivity contribution in [3.63, 3.8) is 0 Å². The monoisotopic (exact) mass is 671 g/mol. The molecule has 0 radical (unpaired) electrons. The zero-order chi connectivity index (χ0) is 34.3. The summed E-state index contributed by atoms with van der Waals surface area (Å²) in [4.78, 5) is 39.9. The van der Waals surface area contributed by atoms with Crippen LogP contribution in [0.1, 0.15) is 101 Å². The zero-order valence-corrected chi connectivity index (χ0v) is 29.2. The molecular weight excluding hydrogens is 622 g/mol. The molecule has 1 saturated heterocycles. The largest absolute Gasteiger partial charge is 0.496 e. The van der Waals surface area contributed by atoms with Gasteiger partial charge in [-0.05, 0) is 111 Å². The van der Waals surface area contributed by atoms with E-state index in [2.05, 4.69) is 35.3 Å². The minimum absolute atomic E-state index is 0.0160. The Labute approximate surface area is 288 Å². The van der Waals surface area contributed by atoms with Crippen molar-refractivity contribution in [1.82, 2.24) is 20.0 Å². The van der Waals surface area contributed by atoms with E-state index in [4.69, 9.17) is 19.0 Å². The third-order valence-electron chi connectivity index (χ3n) is 11.8. The quantitative estimate of drug-likeness (QED) is 0.268. The van der Waals surface area contributed by atoms with Crippen LogP contribution in [0.3, 0.4) is 0 Å². The topological polar surface area (TPSA) is 131 Å². The Bertz CT molecular complexity index is 1650. The molecule has 1 N–H and O–H groups in total. The summed E-state index contributed by atoms with van der Waals surface area (Å²) >= 11 is 0. The average Bonchev–Trinajstić information content (AvgIpc) is 3.61. The van der Waals surface area contributed by atoms with Gasteiger partial charge in [0.05, 0.1) is 26.3 Å². The lowest BCUT2D eigenvalue weighted by Crippen LogP contribution is -2.54. The normalized spacial score (nSPS) is 26.8. The number of rotatable bonds is 9. The molecule has 0 atom stereocenters. The summed E-state index contributed by atoms with van der Waals surface area (Å²) in [7, 11) is 1.72. The fraction of sp³-hybridized carbons (Fsp3) is 0.605. The van der Waals surface area contributed by atoms with Crippen molar-refractivity contribution < 1.29 is 28.7 Å². The number of carbonyl (C=O) groups excluding carboxylic acids is 2. The predicted octanol–water partition coefficient (Wildman–Crippen LogP) is 6.57. The average molecular weight is 672 g/mol. The van der Waals surface area contributed by atoms with Crippen molar-refractivity contribution in [3.05, 3.63) is 53.5 Å². The number of β-amino-alcohol motifs (C(OH)–C–C–N with tert-alkyl or cyclic N) is 1. The Kier molecular flexibility index (Phi) is 9.15. The van der Waals surface area contributed by atoms with E-state index in [1.54, 1.807) is 13.3 Å². The Hall–Kier alpha value is -3.99. The van der Waals surface area contributed by atoms with Crippen LogP contribution in [-0.2, 0) is 14.9 Å². The molecule has 0 spiro atoms. The number of aliphatic hydroxyl groups excluding tert-OH is 1. The molecule has 11 heteroatoms. The standard InChI is InChI=1S/C38H49N5O6/c1-24(2)34-40-33(41-49-34)27-11-18-39-32(20-27)43(35(45)26-5-8-30(9-6-26)48-36(46)42-21-29(44)22-42)23-37-12-15-38(16-13-37,17-14-37)28-7-10-31(47-4)25(3)19-28/h7,10-11,18-20,24,26,29-30,44H,5-6,8-9,12-17,21-23H2,1-4H3. The van der Waals surface area contributed by atoms with Gasteiger partial charge in [-0.15, -0.1) is 0 Å². The molecule has 2 aromatic heterocycles. The fourth-order valence-electron chi connectivity index (χ4n) is 8.51. The van der Waals surface area contributed by atoms with Gasteiger partial charge in [-0.25, -0.2) is 9.78 Å². The van der Waals surface area contributed by atoms with Gasteiger partial charge in [-0.1, -0.05) is 31.1 Å². The van der Waals surface area contributed by atoms with Crippen LogP contribution >= 0.6 is 0 Å². The predicted molar refractivity (Wildman–Crippen MR) is 183 cm³/mol. The number of nitrogens with zero attached hydrogens (tertiary/aromatic N) is 5. The van der Waals surface area contributed by atoms with Gasteiger partial charge in [0.2, 0.25) is 17.6 Å². The second-order valence-electron chi connectivity index (χ2n) is 15.3. The van der Waals surface area contributed by atoms with Crippen molar-refractivity contribution in [1.29, 1.82) is 0 Å². The number of amides is 2. The molecule has 1 aliphatic heterocycles. The number of methoxy groups -OCH3 is 1. The van der Waals surface area contributed by atoms with Gasteiger partial charge in [-0.2, -0.15) is 4.98 Å². The molecule has 3 aromatic rings. The van der Waals surface area contributed by atoms with Crippen LogP contribution in [-0.4, -0.2) is 76.1 Å². The first-order valence-corrected chi connectivity index (χ1v) is 18.0. The van der Waals surface area contributed by atoms with E-state index in [0.29, 0.717) is 62.9 Å². The van der Waals surface area contributed by atoms with Crippen LogP contribution in [0, 0.1) is 18.3 Å². The number of aromatic nitrogens is 3. The van der Waals surface area contributed by atoms with E-state index in [-0.39, 0.29) is 40.8 Å². The SMILES string of the molecule is COc1ccc(C23CCC(CN(C(=O)C4CCC(OC(=O)N5CC(O)C5)CC4)c4cc(-c5noc(C(C)C)n5)ccn4)(CC2)CC3)cc1C. The number of likely N-dealkylation sites (tertiary alicyclic amines) is 1. The minimum Gasteiger partial charge on any atom is -0.496 e. The van der Waals surface area contributed by atoms with Gasteiger partial charge in [0.1, 0.15) is 17.7 Å². The summed E-state index contributed by atoms with van der Waals surface area (Å²) in [6.07, 6.45) is 9.68. The van der Waals surface area contributed by atoms with E-state index in [1.807, 2.05) is 30.9 Å². The van der Waals surface area contributed by atoms with Gasteiger partial charge in [0.15, 0.2) is 0 Å². The highest BCUT2D eigenvalue weighted by atomic mass is 16.6. The summed E-state index contributed by atoms with van der Waals surface area (Å²) in [6.45, 7) is 7.40. The molecule has 11 nitrogen and oxygen atoms in total. The smallest absolute Gasteiger partial charge is 0.410 e. The van der Waals surface area contributed by atoms with Crippen LogP contribution in [0.4, 0.5) is 10.6 Å². The highest BCUT2D eigenvalue weighted by Crippen LogP contribution is 2.58. The first-order chi connectivity index (χ1) is 23.6. The highest BCUT2D eigenvalue weighted by molar-refractivity contribution is 5.94. The van der Waals surface area contributed by atoms with E-state index in [1.165, 1.54) is 16.0 Å². The molecule has 49 heavy (non-hydrogen) atoms. The van der Waals surface area contributed by atoms with Crippen molar-refractivity contribution in [2.24, 2.45) is 11.3 Å². The molecule has 262 valence electrons. The number of hydrogen-bond donors (Lipinski definition) is 1. The third-order valence-corrected chi connectivity index (χ3v) is 11.8. The molecule has 8 rings (SSSR count). The molecule has 1 aromatic carbocycles. The van der Waals surface area contributed by atoms with Crippen molar-refractivity contribution in [2.75, 3.05) is 31.6 Å². The van der Waals surface area contributed by atoms with E-state index in [9.17, 15) is 14.7 Å². The molecule has 0 unspecified atom stereocenters. The first kappa shape index (κ1) is 33.5. The maximum absolute atomic E-state index is 14.6. The van der Waals surface area contributed by atoms with Crippen molar-refractivity contribution in [2.45, 2.75) is 109 Å². The van der Waals surface area contributed by atoms with Crippen LogP contribution in [0.25, 0.3) is 11.4 Å². The number of fused-ring (bicyclic) bond motifs is 3. The lowest BCUT2D eigenvalue weighted by Gasteiger charge is -2.55. The molecule has 3 heterocycles. The maximum Gasteiger partial charge on any atom is 0.410 e. The molecule has 4 saturated carbocycles. The highest BCUT2D eigenvalue weighted by Gasteiger charge is 2.51. The summed E-state index contributed by atoms with van der Waals surface area (Å²) < 4.78 is 16.8. The fourth-order valence-corrected chi connectivity index (χ4v) is 8.51. The molecule has 4 aliphatic carbocycles. The number of anilines is 1. The molecule has 2 bridgehead atoms. The molecule has 5 fully saturated rings. The summed E-state index contributed by atoms with van der Waals surface area (Å²) in [6, 6.07) is 10.5. The third kappa shape index (κ3) is 6.66. The number of hydrogen-bond acceptors (Lipinski definition) is 9. The maximum atomic E-state index is 14.6. The molecule has 2 amide bonds. The summed E-state index contributed by atoms with van der Waals surface area (Å²) in [5, 5.41) is 13.8. The Morgan fingerprint density at radius 2 is 1.76 bits per heavy atom.